The molecule has 0 aliphatic heterocycles. The maximum Gasteiger partial charge on any atom is -0.147 e. The molecular weight excluding hydrogens is 199 g/mol. The Hall–Kier alpha value is 0.720. The molecule has 0 nitrogen and oxygen atoms in total. The van der Waals surface area contributed by atoms with E-state index in [0.717, 1.165) is 0 Å². The molecule has 0 radical (unpaired) electrons. The Balaban J connectivity index is 0. The molecule has 13 heavy (non-hydrogen) atoms. The van der Waals surface area contributed by atoms with Gasteiger partial charge in [-0.25, -0.2) is 0 Å². The van der Waals surface area contributed by atoms with Crippen LogP contribution >= 0.6 is 19.7 Å². The van der Waals surface area contributed by atoms with Crippen LogP contribution in [-0.4, -0.2) is 26.2 Å². The summed E-state index contributed by atoms with van der Waals surface area (Å²) in [6.45, 7) is 9.69. The molecule has 0 N–H and O–H groups in total. The Morgan fingerprint density at radius 2 is 1.23 bits per heavy atom. The van der Waals surface area contributed by atoms with Crippen LogP contribution in [0.2, 0.25) is 0 Å². The van der Waals surface area contributed by atoms with Crippen molar-refractivity contribution in [3.05, 3.63) is 0 Å². The average molecular weight is 227 g/mol. The summed E-state index contributed by atoms with van der Waals surface area (Å²) in [7, 11) is -0.726. The Labute approximate surface area is 91.6 Å². The molecule has 0 unspecified atom stereocenters. The van der Waals surface area contributed by atoms with Crippen LogP contribution in [0.3, 0.4) is 0 Å². The topological polar surface area (TPSA) is 0 Å². The standard InChI is InChI=1S/C11H27P.ClH/c1-5-6-7-8-9-10-11-12(2,3)4;/h12H,5-11H2,1-4H3;1H. The van der Waals surface area contributed by atoms with Crippen molar-refractivity contribution < 1.29 is 0 Å². The summed E-state index contributed by atoms with van der Waals surface area (Å²) in [5.41, 5.74) is 0. The summed E-state index contributed by atoms with van der Waals surface area (Å²) in [6, 6.07) is 0. The monoisotopic (exact) mass is 226 g/mol. The summed E-state index contributed by atoms with van der Waals surface area (Å²) in [5.74, 6) is 0. The molecule has 0 aromatic heterocycles. The third kappa shape index (κ3) is 15.5. The van der Waals surface area contributed by atoms with E-state index in [-0.39, 0.29) is 12.4 Å². The average Bonchev–Trinajstić information content (AvgIpc) is 1.94. The van der Waals surface area contributed by atoms with Gasteiger partial charge in [0.15, 0.2) is 0 Å². The SMILES string of the molecule is CCCCCCCC[PH](C)(C)C.Cl. The number of hydrogen-bond donors (Lipinski definition) is 0. The molecule has 0 amide bonds. The molecule has 0 aliphatic rings. The zero-order chi connectivity index (χ0) is 9.45. The molecule has 84 valence electrons. The maximum absolute atomic E-state index is 2.47. The third-order valence-electron chi connectivity index (χ3n) is 2.28. The van der Waals surface area contributed by atoms with Gasteiger partial charge < -0.3 is 0 Å². The fraction of sp³-hybridized carbons (Fsp3) is 1.00. The second kappa shape index (κ2) is 9.28. The first-order valence-corrected chi connectivity index (χ1v) is 9.27. The first kappa shape index (κ1) is 16.2. The van der Waals surface area contributed by atoms with E-state index in [2.05, 4.69) is 26.9 Å². The number of unbranched alkanes of at least 4 members (excludes halogenated alkanes) is 5. The quantitative estimate of drug-likeness (QED) is 0.446. The van der Waals surface area contributed by atoms with Crippen molar-refractivity contribution in [3.63, 3.8) is 0 Å². The summed E-state index contributed by atoms with van der Waals surface area (Å²) < 4.78 is 0. The first-order valence-electron chi connectivity index (χ1n) is 5.56. The van der Waals surface area contributed by atoms with Crippen LogP contribution in [0.5, 0.6) is 0 Å². The van der Waals surface area contributed by atoms with E-state index < -0.39 is 7.26 Å². The molecule has 0 fully saturated rings. The zero-order valence-electron chi connectivity index (χ0n) is 9.86. The molecular formula is C11H28ClP. The van der Waals surface area contributed by atoms with Crippen molar-refractivity contribution in [2.24, 2.45) is 0 Å². The number of rotatable bonds is 7. The molecule has 0 rings (SSSR count). The molecule has 0 aromatic rings. The van der Waals surface area contributed by atoms with Gasteiger partial charge in [-0.15, -0.1) is 12.4 Å². The van der Waals surface area contributed by atoms with Crippen LogP contribution in [0, 0.1) is 0 Å². The summed E-state index contributed by atoms with van der Waals surface area (Å²) in [4.78, 5) is 0. The van der Waals surface area contributed by atoms with Gasteiger partial charge in [0.2, 0.25) is 0 Å². The second-order valence-corrected chi connectivity index (χ2v) is 10.7. The van der Waals surface area contributed by atoms with E-state index in [0.29, 0.717) is 0 Å². The van der Waals surface area contributed by atoms with Gasteiger partial charge in [0, 0.05) is 0 Å². The summed E-state index contributed by atoms with van der Waals surface area (Å²) >= 11 is 0. The van der Waals surface area contributed by atoms with E-state index in [1.165, 1.54) is 44.7 Å². The largest absolute Gasteiger partial charge is 0.147 e. The fourth-order valence-electron chi connectivity index (χ4n) is 1.44. The van der Waals surface area contributed by atoms with Crippen molar-refractivity contribution in [3.8, 4) is 0 Å². The van der Waals surface area contributed by atoms with Crippen LogP contribution in [0.4, 0.5) is 0 Å². The fourth-order valence-corrected chi connectivity index (χ4v) is 2.75. The van der Waals surface area contributed by atoms with Crippen molar-refractivity contribution >= 4 is 19.7 Å². The van der Waals surface area contributed by atoms with Crippen LogP contribution in [-0.2, 0) is 0 Å². The van der Waals surface area contributed by atoms with E-state index in [1.54, 1.807) is 0 Å². The Kier molecular flexibility index (Phi) is 11.5. The Morgan fingerprint density at radius 1 is 0.769 bits per heavy atom. The number of halogens is 1. The number of hydrogen-bond acceptors (Lipinski definition) is 0. The van der Waals surface area contributed by atoms with Gasteiger partial charge in [-0.1, -0.05) is 0 Å². The van der Waals surface area contributed by atoms with Crippen LogP contribution in [0.1, 0.15) is 45.4 Å². The Bertz CT molecular complexity index is 96.8. The van der Waals surface area contributed by atoms with Gasteiger partial charge in [0.1, 0.15) is 0 Å². The van der Waals surface area contributed by atoms with Crippen molar-refractivity contribution in [1.82, 2.24) is 0 Å². The molecule has 0 aromatic carbocycles. The molecule has 2 heteroatoms. The van der Waals surface area contributed by atoms with Gasteiger partial charge in [0.05, 0.1) is 0 Å². The molecule has 0 aliphatic carbocycles. The van der Waals surface area contributed by atoms with Crippen LogP contribution in [0.15, 0.2) is 0 Å². The summed E-state index contributed by atoms with van der Waals surface area (Å²) in [6.07, 6.45) is 10.2. The molecule has 0 saturated heterocycles. The molecule has 0 heterocycles. The van der Waals surface area contributed by atoms with Crippen molar-refractivity contribution in [2.45, 2.75) is 45.4 Å². The predicted molar refractivity (Wildman–Crippen MR) is 71.6 cm³/mol. The van der Waals surface area contributed by atoms with Crippen LogP contribution < -0.4 is 0 Å². The van der Waals surface area contributed by atoms with Crippen LogP contribution in [0.25, 0.3) is 0 Å². The van der Waals surface area contributed by atoms with Gasteiger partial charge in [-0.3, -0.25) is 0 Å². The minimum absolute atomic E-state index is 0. The van der Waals surface area contributed by atoms with E-state index in [4.69, 9.17) is 0 Å². The maximum atomic E-state index is 2.47. The molecule has 0 atom stereocenters. The predicted octanol–water partition coefficient (Wildman–Crippen LogP) is 4.41. The Morgan fingerprint density at radius 3 is 1.69 bits per heavy atom. The van der Waals surface area contributed by atoms with E-state index in [9.17, 15) is 0 Å². The molecule has 0 spiro atoms. The van der Waals surface area contributed by atoms with Crippen molar-refractivity contribution in [2.75, 3.05) is 26.2 Å². The van der Waals surface area contributed by atoms with Crippen molar-refractivity contribution in [1.29, 1.82) is 0 Å². The minimum Gasteiger partial charge on any atom is -0.147 e. The van der Waals surface area contributed by atoms with Gasteiger partial charge in [-0.2, -0.15) is 0 Å². The molecule has 0 bridgehead atoms. The van der Waals surface area contributed by atoms with Gasteiger partial charge in [0.25, 0.3) is 0 Å². The second-order valence-electron chi connectivity index (χ2n) is 5.08. The smallest absolute Gasteiger partial charge is 0.147 e. The molecule has 0 saturated carbocycles. The zero-order valence-corrected chi connectivity index (χ0v) is 11.7. The van der Waals surface area contributed by atoms with Gasteiger partial charge >= 0.3 is 78.9 Å². The summed E-state index contributed by atoms with van der Waals surface area (Å²) in [5, 5.41) is 0. The van der Waals surface area contributed by atoms with E-state index >= 15 is 0 Å². The van der Waals surface area contributed by atoms with E-state index in [1.807, 2.05) is 0 Å². The first-order chi connectivity index (χ1) is 5.56. The van der Waals surface area contributed by atoms with Gasteiger partial charge in [-0.05, 0) is 0 Å². The minimum atomic E-state index is -0.726. The third-order valence-corrected chi connectivity index (χ3v) is 4.13. The normalized spacial score (nSPS) is 12.3.